The van der Waals surface area contributed by atoms with Gasteiger partial charge in [0, 0.05) is 18.2 Å². The zero-order valence-corrected chi connectivity index (χ0v) is 14.1. The second-order valence-corrected chi connectivity index (χ2v) is 5.98. The van der Waals surface area contributed by atoms with Crippen molar-refractivity contribution in [1.82, 2.24) is 4.90 Å². The van der Waals surface area contributed by atoms with Crippen molar-refractivity contribution >= 4 is 11.9 Å². The average Bonchev–Trinajstić information content (AvgIpc) is 3.32. The minimum absolute atomic E-state index is 0.0344. The molecule has 1 saturated carbocycles. The van der Waals surface area contributed by atoms with E-state index >= 15 is 0 Å². The van der Waals surface area contributed by atoms with Gasteiger partial charge in [0.25, 0.3) is 5.91 Å². The molecular weight excluding hydrogens is 294 g/mol. The van der Waals surface area contributed by atoms with Gasteiger partial charge in [0.05, 0.1) is 19.1 Å². The molecule has 1 fully saturated rings. The van der Waals surface area contributed by atoms with Gasteiger partial charge in [-0.1, -0.05) is 0 Å². The van der Waals surface area contributed by atoms with E-state index in [1.807, 2.05) is 26.0 Å². The number of benzene rings is 1. The first-order valence-electron chi connectivity index (χ1n) is 8.24. The van der Waals surface area contributed by atoms with Crippen LogP contribution < -0.4 is 4.74 Å². The highest BCUT2D eigenvalue weighted by atomic mass is 16.5. The third-order valence-electron chi connectivity index (χ3n) is 3.58. The van der Waals surface area contributed by atoms with Crippen molar-refractivity contribution in [2.75, 3.05) is 13.2 Å². The summed E-state index contributed by atoms with van der Waals surface area (Å²) in [7, 11) is 0. The molecule has 0 saturated heterocycles. The van der Waals surface area contributed by atoms with Crippen LogP contribution in [0, 0.1) is 0 Å². The van der Waals surface area contributed by atoms with Crippen molar-refractivity contribution in [3.8, 4) is 5.75 Å². The van der Waals surface area contributed by atoms with Crippen LogP contribution in [0.25, 0.3) is 0 Å². The van der Waals surface area contributed by atoms with Gasteiger partial charge in [-0.2, -0.15) is 0 Å². The van der Waals surface area contributed by atoms with Crippen molar-refractivity contribution in [1.29, 1.82) is 0 Å². The SMILES string of the molecule is CCOC(=O)CCN(C(=O)c1ccc(OC(C)C)cc1)C1CC1. The van der Waals surface area contributed by atoms with Crippen LogP contribution in [0.3, 0.4) is 0 Å². The topological polar surface area (TPSA) is 55.8 Å². The van der Waals surface area contributed by atoms with Crippen LogP contribution in [0.1, 0.15) is 50.4 Å². The normalized spacial score (nSPS) is 13.7. The molecule has 0 N–H and O–H groups in total. The summed E-state index contributed by atoms with van der Waals surface area (Å²) in [5, 5.41) is 0. The summed E-state index contributed by atoms with van der Waals surface area (Å²) in [6.45, 7) is 6.48. The Labute approximate surface area is 137 Å². The van der Waals surface area contributed by atoms with Gasteiger partial charge in [0.2, 0.25) is 0 Å². The summed E-state index contributed by atoms with van der Waals surface area (Å²) in [4.78, 5) is 26.0. The summed E-state index contributed by atoms with van der Waals surface area (Å²) >= 11 is 0. The molecule has 0 heterocycles. The molecule has 0 unspecified atom stereocenters. The molecule has 2 rings (SSSR count). The Morgan fingerprint density at radius 2 is 1.87 bits per heavy atom. The molecule has 0 aliphatic heterocycles. The van der Waals surface area contributed by atoms with Gasteiger partial charge in [-0.3, -0.25) is 9.59 Å². The zero-order chi connectivity index (χ0) is 16.8. The average molecular weight is 319 g/mol. The van der Waals surface area contributed by atoms with E-state index in [1.165, 1.54) is 0 Å². The van der Waals surface area contributed by atoms with Gasteiger partial charge in [0.1, 0.15) is 5.75 Å². The summed E-state index contributed by atoms with van der Waals surface area (Å²) in [5.74, 6) is 0.459. The van der Waals surface area contributed by atoms with Gasteiger partial charge >= 0.3 is 5.97 Å². The van der Waals surface area contributed by atoms with E-state index in [4.69, 9.17) is 9.47 Å². The highest BCUT2D eigenvalue weighted by Crippen LogP contribution is 2.29. The Balaban J connectivity index is 1.98. The van der Waals surface area contributed by atoms with Crippen molar-refractivity contribution in [2.45, 2.75) is 52.2 Å². The lowest BCUT2D eigenvalue weighted by Crippen LogP contribution is -2.35. The quantitative estimate of drug-likeness (QED) is 0.691. The largest absolute Gasteiger partial charge is 0.491 e. The Bertz CT molecular complexity index is 534. The van der Waals surface area contributed by atoms with Crippen LogP contribution in [0.4, 0.5) is 0 Å². The summed E-state index contributed by atoms with van der Waals surface area (Å²) in [6.07, 6.45) is 2.35. The number of hydrogen-bond acceptors (Lipinski definition) is 4. The van der Waals surface area contributed by atoms with Crippen LogP contribution in [0.2, 0.25) is 0 Å². The summed E-state index contributed by atoms with van der Waals surface area (Å²) < 4.78 is 10.5. The van der Waals surface area contributed by atoms with E-state index in [9.17, 15) is 9.59 Å². The molecule has 0 aromatic heterocycles. The number of hydrogen-bond donors (Lipinski definition) is 0. The van der Waals surface area contributed by atoms with E-state index in [2.05, 4.69) is 0 Å². The molecule has 1 amide bonds. The second kappa shape index (κ2) is 7.99. The van der Waals surface area contributed by atoms with E-state index in [0.717, 1.165) is 18.6 Å². The molecule has 5 heteroatoms. The molecule has 1 aromatic rings. The zero-order valence-electron chi connectivity index (χ0n) is 14.1. The van der Waals surface area contributed by atoms with Crippen molar-refractivity contribution in [3.05, 3.63) is 29.8 Å². The van der Waals surface area contributed by atoms with Crippen LogP contribution >= 0.6 is 0 Å². The minimum Gasteiger partial charge on any atom is -0.491 e. The van der Waals surface area contributed by atoms with Crippen molar-refractivity contribution in [3.63, 3.8) is 0 Å². The standard InChI is InChI=1S/C18H25NO4/c1-4-22-17(20)11-12-19(15-7-8-15)18(21)14-5-9-16(10-6-14)23-13(2)3/h5-6,9-10,13,15H,4,7-8,11-12H2,1-3H3. The number of ether oxygens (including phenoxy) is 2. The molecule has 0 atom stereocenters. The Morgan fingerprint density at radius 3 is 2.39 bits per heavy atom. The maximum absolute atomic E-state index is 12.7. The maximum Gasteiger partial charge on any atom is 0.307 e. The number of carbonyl (C=O) groups is 2. The molecule has 1 aliphatic carbocycles. The molecule has 23 heavy (non-hydrogen) atoms. The third kappa shape index (κ3) is 5.27. The molecule has 1 aromatic carbocycles. The molecular formula is C18H25NO4. The third-order valence-corrected chi connectivity index (χ3v) is 3.58. The number of esters is 1. The fraction of sp³-hybridized carbons (Fsp3) is 0.556. The fourth-order valence-corrected chi connectivity index (χ4v) is 2.40. The first kappa shape index (κ1) is 17.3. The molecule has 5 nitrogen and oxygen atoms in total. The molecule has 0 spiro atoms. The van der Waals surface area contributed by atoms with Crippen LogP contribution in [0.5, 0.6) is 5.75 Å². The number of rotatable bonds is 8. The van der Waals surface area contributed by atoms with Crippen LogP contribution in [-0.4, -0.2) is 42.1 Å². The summed E-state index contributed by atoms with van der Waals surface area (Å²) in [6, 6.07) is 7.43. The van der Waals surface area contributed by atoms with E-state index in [0.29, 0.717) is 18.7 Å². The molecule has 0 bridgehead atoms. The molecule has 0 radical (unpaired) electrons. The van der Waals surface area contributed by atoms with Crippen molar-refractivity contribution < 1.29 is 19.1 Å². The predicted octanol–water partition coefficient (Wildman–Crippen LogP) is 3.03. The monoisotopic (exact) mass is 319 g/mol. The molecule has 1 aliphatic rings. The van der Waals surface area contributed by atoms with E-state index in [1.54, 1.807) is 24.0 Å². The van der Waals surface area contributed by atoms with Gasteiger partial charge < -0.3 is 14.4 Å². The highest BCUT2D eigenvalue weighted by Gasteiger charge is 2.33. The minimum atomic E-state index is -0.258. The van der Waals surface area contributed by atoms with Crippen LogP contribution in [-0.2, 0) is 9.53 Å². The van der Waals surface area contributed by atoms with E-state index < -0.39 is 0 Å². The lowest BCUT2D eigenvalue weighted by atomic mass is 10.2. The number of carbonyl (C=O) groups excluding carboxylic acids is 2. The maximum atomic E-state index is 12.7. The summed E-state index contributed by atoms with van der Waals surface area (Å²) in [5.41, 5.74) is 0.622. The smallest absolute Gasteiger partial charge is 0.307 e. The first-order valence-corrected chi connectivity index (χ1v) is 8.24. The Hall–Kier alpha value is -2.04. The first-order chi connectivity index (χ1) is 11.0. The van der Waals surface area contributed by atoms with Crippen molar-refractivity contribution in [2.24, 2.45) is 0 Å². The fourth-order valence-electron chi connectivity index (χ4n) is 2.40. The van der Waals surface area contributed by atoms with Gasteiger partial charge in [0.15, 0.2) is 0 Å². The lowest BCUT2D eigenvalue weighted by Gasteiger charge is -2.22. The lowest BCUT2D eigenvalue weighted by molar-refractivity contribution is -0.143. The van der Waals surface area contributed by atoms with Gasteiger partial charge in [-0.25, -0.2) is 0 Å². The van der Waals surface area contributed by atoms with E-state index in [-0.39, 0.29) is 30.4 Å². The number of nitrogens with zero attached hydrogens (tertiary/aromatic N) is 1. The Kier molecular flexibility index (Phi) is 6.02. The predicted molar refractivity (Wildman–Crippen MR) is 87.5 cm³/mol. The van der Waals surface area contributed by atoms with Crippen LogP contribution in [0.15, 0.2) is 24.3 Å². The highest BCUT2D eigenvalue weighted by molar-refractivity contribution is 5.95. The Morgan fingerprint density at radius 1 is 1.22 bits per heavy atom. The number of amides is 1. The molecule has 126 valence electrons. The second-order valence-electron chi connectivity index (χ2n) is 5.98. The van der Waals surface area contributed by atoms with Gasteiger partial charge in [-0.05, 0) is 57.9 Å². The van der Waals surface area contributed by atoms with Gasteiger partial charge in [-0.15, -0.1) is 0 Å².